The van der Waals surface area contributed by atoms with Crippen molar-refractivity contribution < 1.29 is 17.7 Å². The SMILES string of the molecule is [N-]=[N+]=NS(=O)(=O)c1ccc([N+](=O)[O-])cc1F. The molecule has 1 aromatic carbocycles. The summed E-state index contributed by atoms with van der Waals surface area (Å²) < 4.78 is 37.8. The highest BCUT2D eigenvalue weighted by atomic mass is 32.2. The average molecular weight is 246 g/mol. The number of azide groups is 1. The second kappa shape index (κ2) is 4.13. The number of halogens is 1. The van der Waals surface area contributed by atoms with Gasteiger partial charge in [-0.05, 0) is 11.6 Å². The zero-order chi connectivity index (χ0) is 12.3. The zero-order valence-electron chi connectivity index (χ0n) is 7.44. The molecular formula is C6H3FN4O4S. The van der Waals surface area contributed by atoms with E-state index in [0.717, 1.165) is 6.07 Å². The molecule has 16 heavy (non-hydrogen) atoms. The van der Waals surface area contributed by atoms with Gasteiger partial charge in [0.25, 0.3) is 15.7 Å². The molecule has 84 valence electrons. The summed E-state index contributed by atoms with van der Waals surface area (Å²) in [7, 11) is -4.47. The highest BCUT2D eigenvalue weighted by Gasteiger charge is 2.20. The van der Waals surface area contributed by atoms with Crippen molar-refractivity contribution in [1.82, 2.24) is 0 Å². The van der Waals surface area contributed by atoms with Crippen LogP contribution in [0.1, 0.15) is 0 Å². The van der Waals surface area contributed by atoms with Gasteiger partial charge in [0, 0.05) is 15.5 Å². The average Bonchev–Trinajstić information content (AvgIpc) is 2.16. The number of hydrogen-bond acceptors (Lipinski definition) is 4. The fourth-order valence-corrected chi connectivity index (χ4v) is 1.63. The van der Waals surface area contributed by atoms with E-state index in [1.807, 2.05) is 4.91 Å². The van der Waals surface area contributed by atoms with Crippen molar-refractivity contribution in [3.8, 4) is 0 Å². The van der Waals surface area contributed by atoms with Crippen LogP contribution in [0.2, 0.25) is 0 Å². The fraction of sp³-hybridized carbons (Fsp3) is 0. The Bertz CT molecular complexity index is 593. The third-order valence-electron chi connectivity index (χ3n) is 1.55. The number of benzene rings is 1. The summed E-state index contributed by atoms with van der Waals surface area (Å²) in [6, 6.07) is 1.89. The summed E-state index contributed by atoms with van der Waals surface area (Å²) in [5.41, 5.74) is 7.35. The molecule has 0 aromatic heterocycles. The van der Waals surface area contributed by atoms with E-state index in [2.05, 4.69) is 4.52 Å². The van der Waals surface area contributed by atoms with Crippen LogP contribution in [-0.4, -0.2) is 13.3 Å². The van der Waals surface area contributed by atoms with Crippen molar-refractivity contribution in [2.75, 3.05) is 0 Å². The van der Waals surface area contributed by atoms with Crippen molar-refractivity contribution >= 4 is 15.7 Å². The fourth-order valence-electron chi connectivity index (χ4n) is 0.905. The van der Waals surface area contributed by atoms with Crippen LogP contribution in [0, 0.1) is 15.9 Å². The Labute approximate surface area is 88.1 Å². The number of non-ortho nitro benzene ring substituents is 1. The maximum absolute atomic E-state index is 13.2. The Morgan fingerprint density at radius 3 is 2.56 bits per heavy atom. The summed E-state index contributed by atoms with van der Waals surface area (Å²) in [6.45, 7) is 0. The molecule has 0 aliphatic carbocycles. The van der Waals surface area contributed by atoms with E-state index in [9.17, 15) is 22.9 Å². The van der Waals surface area contributed by atoms with E-state index >= 15 is 0 Å². The molecule has 1 rings (SSSR count). The summed E-state index contributed by atoms with van der Waals surface area (Å²) in [5, 5.41) is 10.2. The molecule has 0 radical (unpaired) electrons. The summed E-state index contributed by atoms with van der Waals surface area (Å²) in [5.74, 6) is -1.35. The van der Waals surface area contributed by atoms with Gasteiger partial charge in [-0.15, -0.1) is 0 Å². The van der Waals surface area contributed by atoms with Crippen LogP contribution >= 0.6 is 0 Å². The smallest absolute Gasteiger partial charge is 0.258 e. The van der Waals surface area contributed by atoms with Crippen LogP contribution in [0.5, 0.6) is 0 Å². The standard InChI is InChI=1S/C6H3FN4O4S/c7-5-3-4(11(12)13)1-2-6(5)16(14,15)10-9-8/h1-3H. The van der Waals surface area contributed by atoms with Gasteiger partial charge >= 0.3 is 0 Å². The second-order valence-corrected chi connectivity index (χ2v) is 4.07. The molecule has 0 N–H and O–H groups in total. The Morgan fingerprint density at radius 2 is 2.12 bits per heavy atom. The van der Waals surface area contributed by atoms with Crippen molar-refractivity contribution in [3.05, 3.63) is 44.6 Å². The minimum atomic E-state index is -4.47. The van der Waals surface area contributed by atoms with E-state index in [-0.39, 0.29) is 0 Å². The monoisotopic (exact) mass is 246 g/mol. The Morgan fingerprint density at radius 1 is 1.50 bits per heavy atom. The van der Waals surface area contributed by atoms with E-state index in [1.165, 1.54) is 0 Å². The first-order chi connectivity index (χ1) is 7.38. The van der Waals surface area contributed by atoms with Crippen LogP contribution in [0.4, 0.5) is 10.1 Å². The predicted molar refractivity (Wildman–Crippen MR) is 49.4 cm³/mol. The first kappa shape index (κ1) is 11.9. The minimum Gasteiger partial charge on any atom is -0.258 e. The molecule has 0 fully saturated rings. The van der Waals surface area contributed by atoms with Gasteiger partial charge in [-0.25, -0.2) is 12.8 Å². The van der Waals surface area contributed by atoms with Gasteiger partial charge < -0.3 is 0 Å². The first-order valence-corrected chi connectivity index (χ1v) is 5.08. The maximum Gasteiger partial charge on any atom is 0.272 e. The molecule has 0 heterocycles. The Kier molecular flexibility index (Phi) is 3.06. The highest BCUT2D eigenvalue weighted by Crippen LogP contribution is 2.21. The number of nitro benzene ring substituents is 1. The van der Waals surface area contributed by atoms with E-state index < -0.39 is 31.3 Å². The number of nitro groups is 1. The van der Waals surface area contributed by atoms with Gasteiger partial charge in [-0.1, -0.05) is 0 Å². The van der Waals surface area contributed by atoms with Gasteiger partial charge in [-0.2, -0.15) is 0 Å². The second-order valence-electron chi connectivity index (χ2n) is 2.52. The topological polar surface area (TPSA) is 126 Å². The Hall–Kier alpha value is -2.19. The van der Waals surface area contributed by atoms with Crippen molar-refractivity contribution in [1.29, 1.82) is 0 Å². The van der Waals surface area contributed by atoms with Gasteiger partial charge in [0.2, 0.25) is 0 Å². The van der Waals surface area contributed by atoms with Gasteiger partial charge in [0.1, 0.15) is 10.7 Å². The molecule has 10 heteroatoms. The third kappa shape index (κ3) is 2.24. The molecule has 0 aliphatic rings. The molecule has 0 bridgehead atoms. The molecule has 0 atom stereocenters. The van der Waals surface area contributed by atoms with E-state index in [1.54, 1.807) is 0 Å². The molecule has 0 saturated heterocycles. The lowest BCUT2D eigenvalue weighted by atomic mass is 10.3. The molecule has 0 spiro atoms. The molecule has 8 nitrogen and oxygen atoms in total. The normalized spacial score (nSPS) is 10.6. The summed E-state index contributed by atoms with van der Waals surface area (Å²) in [6.07, 6.45) is 0. The summed E-state index contributed by atoms with van der Waals surface area (Å²) >= 11 is 0. The molecular weight excluding hydrogens is 243 g/mol. The zero-order valence-corrected chi connectivity index (χ0v) is 8.26. The van der Waals surface area contributed by atoms with Crippen molar-refractivity contribution in [2.45, 2.75) is 4.90 Å². The lowest BCUT2D eigenvalue weighted by molar-refractivity contribution is -0.385. The first-order valence-electron chi connectivity index (χ1n) is 3.64. The quantitative estimate of drug-likeness (QED) is 0.264. The minimum absolute atomic E-state index is 0.430. The molecule has 0 aliphatic heterocycles. The number of hydrogen-bond donors (Lipinski definition) is 0. The van der Waals surface area contributed by atoms with Crippen LogP contribution in [0.25, 0.3) is 10.4 Å². The van der Waals surface area contributed by atoms with Crippen LogP contribution in [0.3, 0.4) is 0 Å². The van der Waals surface area contributed by atoms with Crippen LogP contribution in [-0.2, 0) is 10.0 Å². The van der Waals surface area contributed by atoms with Crippen molar-refractivity contribution in [3.63, 3.8) is 0 Å². The lowest BCUT2D eigenvalue weighted by Gasteiger charge is -1.98. The van der Waals surface area contributed by atoms with E-state index in [4.69, 9.17) is 5.53 Å². The summed E-state index contributed by atoms with van der Waals surface area (Å²) in [4.78, 5) is 10.5. The third-order valence-corrected chi connectivity index (χ3v) is 2.72. The predicted octanol–water partition coefficient (Wildman–Crippen LogP) is 1.73. The largest absolute Gasteiger partial charge is 0.272 e. The molecule has 1 aromatic rings. The molecule has 0 saturated carbocycles. The van der Waals surface area contributed by atoms with Gasteiger partial charge in [-0.3, -0.25) is 10.1 Å². The number of sulfonamides is 1. The van der Waals surface area contributed by atoms with Crippen LogP contribution in [0.15, 0.2) is 27.6 Å². The Balaban J connectivity index is 3.40. The molecule has 0 amide bonds. The van der Waals surface area contributed by atoms with Gasteiger partial charge in [0.05, 0.1) is 11.0 Å². The van der Waals surface area contributed by atoms with Crippen molar-refractivity contribution in [2.24, 2.45) is 4.52 Å². The van der Waals surface area contributed by atoms with E-state index in [0.29, 0.717) is 12.1 Å². The van der Waals surface area contributed by atoms with Crippen LogP contribution < -0.4 is 0 Å². The molecule has 0 unspecified atom stereocenters. The highest BCUT2D eigenvalue weighted by molar-refractivity contribution is 7.90. The maximum atomic E-state index is 13.2. The number of rotatable bonds is 3. The number of nitrogens with zero attached hydrogens (tertiary/aromatic N) is 4. The lowest BCUT2D eigenvalue weighted by Crippen LogP contribution is -2.00. The van der Waals surface area contributed by atoms with Gasteiger partial charge in [0.15, 0.2) is 0 Å².